The summed E-state index contributed by atoms with van der Waals surface area (Å²) >= 11 is 0. The fourth-order valence-electron chi connectivity index (χ4n) is 0. The molecule has 168 valence electrons. The zero-order valence-corrected chi connectivity index (χ0v) is 25.4. The van der Waals surface area contributed by atoms with Crippen LogP contribution in [0.15, 0.2) is 0 Å². The van der Waals surface area contributed by atoms with Gasteiger partial charge in [-0.3, -0.25) is 0 Å². The number of aliphatic hydroxyl groups is 8. The molecular formula is C16H48Hf2O8. The Kier molecular flexibility index (Phi) is 467. The zero-order valence-electron chi connectivity index (χ0n) is 18.2. The van der Waals surface area contributed by atoms with E-state index in [1.165, 1.54) is 0 Å². The van der Waals surface area contributed by atoms with Crippen LogP contribution in [0.25, 0.3) is 0 Å². The maximum absolute atomic E-state index is 7.57. The molecule has 0 fully saturated rings. The van der Waals surface area contributed by atoms with E-state index in [0.29, 0.717) is 0 Å². The Morgan fingerprint density at radius 2 is 0.269 bits per heavy atom. The first-order valence-corrected chi connectivity index (χ1v) is 8.19. The first-order chi connectivity index (χ1) is 11.3. The van der Waals surface area contributed by atoms with Gasteiger partial charge < -0.3 is 40.9 Å². The smallest absolute Gasteiger partial charge is 0.0402 e. The molecule has 0 aliphatic rings. The molecule has 26 heavy (non-hydrogen) atoms. The molecule has 0 rings (SSSR count). The van der Waals surface area contributed by atoms with Crippen molar-refractivity contribution in [2.45, 2.75) is 55.4 Å². The van der Waals surface area contributed by atoms with Crippen molar-refractivity contribution in [1.29, 1.82) is 0 Å². The predicted molar refractivity (Wildman–Crippen MR) is 102 cm³/mol. The molecule has 0 saturated heterocycles. The average molecular weight is 726 g/mol. The minimum Gasteiger partial charge on any atom is -0.397 e. The Balaban J connectivity index is -0.0000000139. The van der Waals surface area contributed by atoms with Gasteiger partial charge in [-0.2, -0.15) is 0 Å². The van der Waals surface area contributed by atoms with E-state index in [2.05, 4.69) is 0 Å². The summed E-state index contributed by atoms with van der Waals surface area (Å²) in [6.45, 7) is 15.4. The Morgan fingerprint density at radius 1 is 0.269 bits per heavy atom. The van der Waals surface area contributed by atoms with Gasteiger partial charge in [-0.25, -0.2) is 0 Å². The molecule has 0 aliphatic heterocycles. The minimum absolute atomic E-state index is 0. The van der Waals surface area contributed by atoms with Crippen molar-refractivity contribution in [3.63, 3.8) is 0 Å². The van der Waals surface area contributed by atoms with E-state index < -0.39 is 0 Å². The minimum atomic E-state index is 0. The summed E-state index contributed by atoms with van der Waals surface area (Å²) in [4.78, 5) is 0. The molecule has 10 heteroatoms. The third kappa shape index (κ3) is 7520. The van der Waals surface area contributed by atoms with Crippen LogP contribution in [0.1, 0.15) is 55.4 Å². The van der Waals surface area contributed by atoms with Gasteiger partial charge in [0.2, 0.25) is 0 Å². The van der Waals surface area contributed by atoms with Crippen molar-refractivity contribution < 1.29 is 92.5 Å². The summed E-state index contributed by atoms with van der Waals surface area (Å²) in [5.41, 5.74) is 0. The monoisotopic (exact) mass is 728 g/mol. The summed E-state index contributed by atoms with van der Waals surface area (Å²) in [6, 6.07) is 0. The van der Waals surface area contributed by atoms with Gasteiger partial charge in [-0.15, -0.1) is 0 Å². The third-order valence-corrected chi connectivity index (χ3v) is 0. The van der Waals surface area contributed by atoms with Gasteiger partial charge in [0.25, 0.3) is 0 Å². The fraction of sp³-hybridized carbons (Fsp3) is 1.00. The van der Waals surface area contributed by atoms with Crippen molar-refractivity contribution in [2.75, 3.05) is 52.9 Å². The molecule has 0 amide bonds. The topological polar surface area (TPSA) is 162 Å². The van der Waals surface area contributed by atoms with Gasteiger partial charge in [0.15, 0.2) is 0 Å². The molecule has 0 atom stereocenters. The fourth-order valence-corrected chi connectivity index (χ4v) is 0. The zero-order chi connectivity index (χ0) is 21.7. The Labute approximate surface area is 199 Å². The Bertz CT molecular complexity index is 56.2. The van der Waals surface area contributed by atoms with Gasteiger partial charge in [-0.05, 0) is 55.4 Å². The normalized spacial score (nSPS) is 5.54. The van der Waals surface area contributed by atoms with E-state index in [4.69, 9.17) is 40.9 Å². The number of hydrogen-bond donors (Lipinski definition) is 8. The van der Waals surface area contributed by atoms with Crippen LogP contribution < -0.4 is 0 Å². The van der Waals surface area contributed by atoms with E-state index in [-0.39, 0.29) is 105 Å². The SMILES string of the molecule is CCO.CCO.CCO.CCO.CCO.CCO.CCO.CCO.[Hf].[Hf]. The van der Waals surface area contributed by atoms with Gasteiger partial charge in [0.1, 0.15) is 0 Å². The van der Waals surface area contributed by atoms with Gasteiger partial charge >= 0.3 is 0 Å². The second-order valence-electron chi connectivity index (χ2n) is 2.53. The number of hydrogen-bond acceptors (Lipinski definition) is 8. The van der Waals surface area contributed by atoms with E-state index >= 15 is 0 Å². The molecule has 0 aliphatic carbocycles. The molecule has 0 unspecified atom stereocenters. The predicted octanol–water partition coefficient (Wildman–Crippen LogP) is -0.0162. The van der Waals surface area contributed by atoms with Crippen molar-refractivity contribution in [3.05, 3.63) is 0 Å². The number of aliphatic hydroxyl groups excluding tert-OH is 8. The van der Waals surface area contributed by atoms with Gasteiger partial charge in [-0.1, -0.05) is 0 Å². The standard InChI is InChI=1S/8C2H6O.2Hf/c8*1-2-3;;/h8*3H,2H2,1H3;;. The van der Waals surface area contributed by atoms with Crippen LogP contribution in [0.5, 0.6) is 0 Å². The van der Waals surface area contributed by atoms with Crippen molar-refractivity contribution in [1.82, 2.24) is 0 Å². The van der Waals surface area contributed by atoms with Gasteiger partial charge in [0, 0.05) is 105 Å². The summed E-state index contributed by atoms with van der Waals surface area (Å²) in [5.74, 6) is 0. The van der Waals surface area contributed by atoms with Crippen LogP contribution in [0.4, 0.5) is 0 Å². The van der Waals surface area contributed by atoms with Gasteiger partial charge in [0.05, 0.1) is 0 Å². The number of rotatable bonds is 0. The summed E-state index contributed by atoms with van der Waals surface area (Å²) in [5, 5.41) is 60.6. The van der Waals surface area contributed by atoms with Crippen LogP contribution in [-0.4, -0.2) is 93.7 Å². The average Bonchev–Trinajstić information content (AvgIpc) is 2.45. The van der Waals surface area contributed by atoms with Crippen molar-refractivity contribution in [3.8, 4) is 0 Å². The summed E-state index contributed by atoms with van der Waals surface area (Å²) in [7, 11) is 0. The van der Waals surface area contributed by atoms with Crippen LogP contribution in [-0.2, 0) is 51.7 Å². The van der Waals surface area contributed by atoms with Crippen molar-refractivity contribution in [2.24, 2.45) is 0 Å². The summed E-state index contributed by atoms with van der Waals surface area (Å²) in [6.07, 6.45) is 0. The first-order valence-electron chi connectivity index (χ1n) is 8.19. The molecule has 0 saturated carbocycles. The van der Waals surface area contributed by atoms with Crippen LogP contribution in [0, 0.1) is 0 Å². The molecule has 0 aromatic rings. The molecule has 8 N–H and O–H groups in total. The van der Waals surface area contributed by atoms with E-state index in [1.54, 1.807) is 55.4 Å². The second-order valence-corrected chi connectivity index (χ2v) is 2.53. The van der Waals surface area contributed by atoms with Crippen molar-refractivity contribution >= 4 is 0 Å². The molecule has 8 nitrogen and oxygen atoms in total. The van der Waals surface area contributed by atoms with Crippen LogP contribution >= 0.6 is 0 Å². The maximum atomic E-state index is 7.57. The Hall–Kier alpha value is 1.42. The third-order valence-electron chi connectivity index (χ3n) is 0. The molecule has 0 aromatic heterocycles. The van der Waals surface area contributed by atoms with E-state index in [9.17, 15) is 0 Å². The quantitative estimate of drug-likeness (QED) is 0.162. The molecule has 0 heterocycles. The van der Waals surface area contributed by atoms with Crippen LogP contribution in [0.2, 0.25) is 0 Å². The Morgan fingerprint density at radius 3 is 0.269 bits per heavy atom. The summed E-state index contributed by atoms with van der Waals surface area (Å²) < 4.78 is 0. The molecular weight excluding hydrogens is 677 g/mol. The first kappa shape index (κ1) is 63.1. The molecule has 0 spiro atoms. The van der Waals surface area contributed by atoms with E-state index in [1.807, 2.05) is 0 Å². The maximum Gasteiger partial charge on any atom is 0.0402 e. The molecule has 0 radical (unpaired) electrons. The largest absolute Gasteiger partial charge is 0.397 e. The second kappa shape index (κ2) is 192. The molecule has 0 bridgehead atoms. The van der Waals surface area contributed by atoms with Crippen LogP contribution in [0.3, 0.4) is 0 Å². The van der Waals surface area contributed by atoms with E-state index in [0.717, 1.165) is 0 Å². The molecule has 0 aromatic carbocycles.